The number of thioether (sulfide) groups is 1. The summed E-state index contributed by atoms with van der Waals surface area (Å²) in [6, 6.07) is 13.8. The molecule has 0 saturated heterocycles. The molecule has 1 aliphatic heterocycles. The van der Waals surface area contributed by atoms with Crippen LogP contribution >= 0.6 is 27.7 Å². The number of aromatic hydroxyl groups is 1. The van der Waals surface area contributed by atoms with Crippen molar-refractivity contribution in [2.75, 3.05) is 18.6 Å². The second kappa shape index (κ2) is 7.86. The lowest BCUT2D eigenvalue weighted by atomic mass is 10.2. The lowest BCUT2D eigenvalue weighted by Crippen LogP contribution is -2.20. The summed E-state index contributed by atoms with van der Waals surface area (Å²) in [5.41, 5.74) is 0.752. The molecule has 1 heterocycles. The predicted molar refractivity (Wildman–Crippen MR) is 104 cm³/mol. The Balaban J connectivity index is 1.76. The number of ketones is 1. The van der Waals surface area contributed by atoms with Gasteiger partial charge in [-0.1, -0.05) is 39.8 Å². The number of Topliss-reactive ketones (excluding diaryl/α,β-unsaturated/α-hetero) is 1. The second-order valence-corrected chi connectivity index (χ2v) is 7.53. The molecule has 0 aromatic heterocycles. The molecular weight excluding hydrogens is 432 g/mol. The van der Waals surface area contributed by atoms with Crippen molar-refractivity contribution < 1.29 is 19.4 Å². The van der Waals surface area contributed by atoms with E-state index in [1.807, 2.05) is 30.3 Å². The molecule has 0 spiro atoms. The molecule has 1 N–H and O–H groups in total. The van der Waals surface area contributed by atoms with E-state index < -0.39 is 18.4 Å². The van der Waals surface area contributed by atoms with E-state index in [4.69, 9.17) is 4.74 Å². The van der Waals surface area contributed by atoms with Crippen molar-refractivity contribution in [2.45, 2.75) is 4.90 Å². The lowest BCUT2D eigenvalue weighted by Gasteiger charge is -2.14. The van der Waals surface area contributed by atoms with Gasteiger partial charge in [0.2, 0.25) is 5.78 Å². The molecule has 6 nitrogen and oxygen atoms in total. The molecule has 136 valence electrons. The number of phenolic OH excluding ortho intramolecular Hbond substituents is 1. The minimum absolute atomic E-state index is 0.0666. The van der Waals surface area contributed by atoms with Crippen LogP contribution in [0.5, 0.6) is 5.75 Å². The molecule has 1 aliphatic rings. The number of halogens is 1. The number of nitriles is 1. The van der Waals surface area contributed by atoms with Gasteiger partial charge in [-0.15, -0.1) is 0 Å². The summed E-state index contributed by atoms with van der Waals surface area (Å²) >= 11 is 4.52. The first-order chi connectivity index (χ1) is 12.9. The molecule has 0 bridgehead atoms. The number of nitrogens with zero attached hydrogens (tertiary/aromatic N) is 2. The number of hydrogen-bond donors (Lipinski definition) is 1. The molecule has 0 unspecified atom stereocenters. The van der Waals surface area contributed by atoms with Gasteiger partial charge >= 0.3 is 5.97 Å². The molecule has 27 heavy (non-hydrogen) atoms. The van der Waals surface area contributed by atoms with Gasteiger partial charge in [0.15, 0.2) is 6.61 Å². The third-order valence-corrected chi connectivity index (χ3v) is 5.58. The van der Waals surface area contributed by atoms with Gasteiger partial charge in [0.1, 0.15) is 28.0 Å². The average Bonchev–Trinajstić information content (AvgIpc) is 2.99. The number of phenols is 1. The van der Waals surface area contributed by atoms with Crippen LogP contribution in [-0.4, -0.2) is 30.5 Å². The van der Waals surface area contributed by atoms with Crippen LogP contribution in [0.4, 0.5) is 5.69 Å². The number of ether oxygens (including phenoxy) is 1. The quantitative estimate of drug-likeness (QED) is 0.434. The number of rotatable bonds is 4. The summed E-state index contributed by atoms with van der Waals surface area (Å²) in [4.78, 5) is 27.3. The number of fused-ring (bicyclic) bond motifs is 1. The van der Waals surface area contributed by atoms with Crippen molar-refractivity contribution in [3.63, 3.8) is 0 Å². The van der Waals surface area contributed by atoms with Crippen molar-refractivity contribution in [1.29, 1.82) is 5.26 Å². The van der Waals surface area contributed by atoms with Crippen LogP contribution in [0.2, 0.25) is 0 Å². The molecule has 0 fully saturated rings. The number of carbonyl (C=O) groups is 2. The standard InChI is InChI=1S/C19H13BrN2O4S/c1-22-14-4-2-3-5-17(14)27-18(22)13(9-21)16(24)10-26-19(25)12-8-11(20)6-7-15(12)23/h2-8,23H,10H2,1H3/b18-13-. The molecule has 2 aromatic carbocycles. The third-order valence-electron chi connectivity index (χ3n) is 3.86. The van der Waals surface area contributed by atoms with Gasteiger partial charge in [0.25, 0.3) is 0 Å². The van der Waals surface area contributed by atoms with Gasteiger partial charge in [-0.2, -0.15) is 5.26 Å². The van der Waals surface area contributed by atoms with Gasteiger partial charge in [0.05, 0.1) is 5.69 Å². The molecule has 3 rings (SSSR count). The van der Waals surface area contributed by atoms with Crippen LogP contribution in [0.3, 0.4) is 0 Å². The zero-order valence-corrected chi connectivity index (χ0v) is 16.5. The van der Waals surface area contributed by atoms with E-state index in [2.05, 4.69) is 15.9 Å². The number of benzene rings is 2. The van der Waals surface area contributed by atoms with E-state index >= 15 is 0 Å². The van der Waals surface area contributed by atoms with Gasteiger partial charge in [0, 0.05) is 16.4 Å². The van der Waals surface area contributed by atoms with Crippen LogP contribution in [0.1, 0.15) is 10.4 Å². The summed E-state index contributed by atoms with van der Waals surface area (Å²) in [6.07, 6.45) is 0. The number of hydrogen-bond acceptors (Lipinski definition) is 7. The second-order valence-electron chi connectivity index (χ2n) is 5.58. The lowest BCUT2D eigenvalue weighted by molar-refractivity contribution is -0.118. The van der Waals surface area contributed by atoms with E-state index in [-0.39, 0.29) is 16.9 Å². The minimum atomic E-state index is -0.847. The SMILES string of the molecule is CN1/C(=C(\C#N)C(=O)COC(=O)c2cc(Br)ccc2O)Sc2ccccc21. The highest BCUT2D eigenvalue weighted by molar-refractivity contribution is 9.10. The van der Waals surface area contributed by atoms with Crippen molar-refractivity contribution in [3.8, 4) is 11.8 Å². The van der Waals surface area contributed by atoms with E-state index in [1.54, 1.807) is 18.0 Å². The molecule has 8 heteroatoms. The molecule has 0 aliphatic carbocycles. The van der Waals surface area contributed by atoms with Crippen molar-refractivity contribution in [3.05, 3.63) is 63.1 Å². The summed E-state index contributed by atoms with van der Waals surface area (Å²) in [6.45, 7) is -0.595. The zero-order valence-electron chi connectivity index (χ0n) is 14.1. The maximum Gasteiger partial charge on any atom is 0.342 e. The largest absolute Gasteiger partial charge is 0.507 e. The Bertz CT molecular complexity index is 1010. The van der Waals surface area contributed by atoms with Crippen molar-refractivity contribution >= 4 is 45.1 Å². The fourth-order valence-corrected chi connectivity index (χ4v) is 4.03. The summed E-state index contributed by atoms with van der Waals surface area (Å²) < 4.78 is 5.58. The highest BCUT2D eigenvalue weighted by Crippen LogP contribution is 2.46. The molecule has 2 aromatic rings. The Labute approximate surface area is 168 Å². The Hall–Kier alpha value is -2.76. The monoisotopic (exact) mass is 444 g/mol. The first-order valence-electron chi connectivity index (χ1n) is 7.76. The van der Waals surface area contributed by atoms with Crippen LogP contribution in [0.25, 0.3) is 0 Å². The first-order valence-corrected chi connectivity index (χ1v) is 9.37. The molecule has 0 saturated carbocycles. The molecule has 0 atom stereocenters. The average molecular weight is 445 g/mol. The fourth-order valence-electron chi connectivity index (χ4n) is 2.50. The highest BCUT2D eigenvalue weighted by atomic mass is 79.9. The number of anilines is 1. The van der Waals surface area contributed by atoms with E-state index in [9.17, 15) is 20.0 Å². The Morgan fingerprint density at radius 3 is 2.74 bits per heavy atom. The van der Waals surface area contributed by atoms with Crippen LogP contribution in [0, 0.1) is 11.3 Å². The molecule has 0 amide bonds. The van der Waals surface area contributed by atoms with E-state index in [1.165, 1.54) is 23.9 Å². The van der Waals surface area contributed by atoms with E-state index in [0.29, 0.717) is 9.50 Å². The van der Waals surface area contributed by atoms with Crippen LogP contribution in [0.15, 0.2) is 62.4 Å². The number of para-hydroxylation sites is 1. The molecule has 0 radical (unpaired) electrons. The highest BCUT2D eigenvalue weighted by Gasteiger charge is 2.28. The molecular formula is C19H13BrN2O4S. The predicted octanol–water partition coefficient (Wildman–Crippen LogP) is 3.86. The summed E-state index contributed by atoms with van der Waals surface area (Å²) in [5.74, 6) is -1.71. The van der Waals surface area contributed by atoms with Crippen LogP contribution in [-0.2, 0) is 9.53 Å². The third kappa shape index (κ3) is 3.84. The van der Waals surface area contributed by atoms with Crippen molar-refractivity contribution in [1.82, 2.24) is 0 Å². The van der Waals surface area contributed by atoms with E-state index in [0.717, 1.165) is 10.6 Å². The maximum atomic E-state index is 12.5. The van der Waals surface area contributed by atoms with Gasteiger partial charge < -0.3 is 14.7 Å². The van der Waals surface area contributed by atoms with Crippen molar-refractivity contribution in [2.24, 2.45) is 0 Å². The number of carbonyl (C=O) groups excluding carboxylic acids is 2. The zero-order chi connectivity index (χ0) is 19.6. The first kappa shape index (κ1) is 19.0. The minimum Gasteiger partial charge on any atom is -0.507 e. The summed E-state index contributed by atoms with van der Waals surface area (Å²) in [5, 5.41) is 19.7. The Kier molecular flexibility index (Phi) is 5.54. The number of esters is 1. The van der Waals surface area contributed by atoms with Gasteiger partial charge in [-0.25, -0.2) is 4.79 Å². The fraction of sp³-hybridized carbons (Fsp3) is 0.105. The smallest absolute Gasteiger partial charge is 0.342 e. The normalized spacial score (nSPS) is 14.3. The topological polar surface area (TPSA) is 90.6 Å². The Morgan fingerprint density at radius 1 is 1.30 bits per heavy atom. The Morgan fingerprint density at radius 2 is 2.04 bits per heavy atom. The van der Waals surface area contributed by atoms with Gasteiger partial charge in [-0.3, -0.25) is 4.79 Å². The maximum absolute atomic E-state index is 12.5. The van der Waals surface area contributed by atoms with Gasteiger partial charge in [-0.05, 0) is 30.3 Å². The summed E-state index contributed by atoms with van der Waals surface area (Å²) in [7, 11) is 1.77. The van der Waals surface area contributed by atoms with Crippen LogP contribution < -0.4 is 4.90 Å².